The zero-order valence-electron chi connectivity index (χ0n) is 82.8. The van der Waals surface area contributed by atoms with Gasteiger partial charge in [-0.2, -0.15) is 20.4 Å². The molecule has 6 aliphatic rings. The van der Waals surface area contributed by atoms with E-state index in [2.05, 4.69) is 230 Å². The first-order valence-electron chi connectivity index (χ1n) is 49.7. The van der Waals surface area contributed by atoms with Gasteiger partial charge in [0.15, 0.2) is 43.1 Å². The number of H-pyrrole nitrogens is 4. The Bertz CT molecular complexity index is 4860. The van der Waals surface area contributed by atoms with Crippen LogP contribution in [0.15, 0.2) is 97.1 Å². The summed E-state index contributed by atoms with van der Waals surface area (Å²) in [6.45, 7) is 69.1. The lowest BCUT2D eigenvalue weighted by Gasteiger charge is -2.56. The number of benzene rings is 4. The highest BCUT2D eigenvalue weighted by atomic mass is 17.2. The molecule has 0 bridgehead atoms. The first-order valence-corrected chi connectivity index (χ1v) is 49.7. The van der Waals surface area contributed by atoms with Gasteiger partial charge in [0.1, 0.15) is 23.3 Å². The Labute approximate surface area is 788 Å². The molecule has 4 aromatic carbocycles. The van der Waals surface area contributed by atoms with Crippen molar-refractivity contribution in [3.63, 3.8) is 0 Å². The van der Waals surface area contributed by atoms with Gasteiger partial charge in [-0.3, -0.25) is 20.4 Å². The molecular weight excluding hydrogens is 1650 g/mol. The summed E-state index contributed by atoms with van der Waals surface area (Å²) in [4.78, 5) is 65.3. The molecule has 716 valence electrons. The van der Waals surface area contributed by atoms with Crippen LogP contribution in [0.3, 0.4) is 0 Å². The van der Waals surface area contributed by atoms with E-state index < -0.39 is 18.2 Å². The molecule has 6 aliphatic carbocycles. The first-order chi connectivity index (χ1) is 63.4. The standard InChI is InChI=1S/C36H54N4O2.C25H36N4O2.C24H34N4O2.C23H32N4O2/c1-25-13-15-27(16-14-25)33-38-34(40-39-33)29(32(37-5)24-42-41-6)23-28-30(35(3)17-9-7-10-18-35)21-26(2)22-31(28)36(4)19-11-8-12-20-36;1-7-19-8-10-20(11-9-19)24-27-25(29-28-24)22(23(26-5)15-31-30-6)14-21-17(3)12-16(2)13-18(21)4;1-15-7-9-19(10-8-15)23-26-24(28-27-23)21(22(25-5)14-30-29-6)13-20-17(3)11-16(2)12-18(20)4;1-13-6-8-17(9-7-13)21-25-22(27-26-21)19(20(24-5)23(28)29)12-18-15(3)10-14(2)11-16(18)4/h13-16,26,28-32H,7-12,17-24H2,1-4,6H3,(H,38,39,40);8-11,16-18,21-23H,7,12-15H2,1-4,6H3,(H,27,28,29);7-10,16-18,20-22H,11-14H2,1-4,6H3,(H,26,27,28);6-9,14-16,18-20,23,28-29H,10-12H2,1-4H3,(H,25,26,27). The topological polar surface area (TPSA) is 280 Å². The van der Waals surface area contributed by atoms with Gasteiger partial charge in [0.25, 0.3) is 24.2 Å². The zero-order valence-corrected chi connectivity index (χ0v) is 82.8. The third kappa shape index (κ3) is 27.3. The molecule has 132 heavy (non-hydrogen) atoms. The Morgan fingerprint density at radius 2 is 0.621 bits per heavy atom. The van der Waals surface area contributed by atoms with E-state index in [1.165, 1.54) is 141 Å². The van der Waals surface area contributed by atoms with E-state index in [1.54, 1.807) is 0 Å². The van der Waals surface area contributed by atoms with Crippen molar-refractivity contribution in [1.82, 2.24) is 60.7 Å². The molecule has 16 unspecified atom stereocenters. The number of hydrogen-bond donors (Lipinski definition) is 6. The summed E-state index contributed by atoms with van der Waals surface area (Å²) in [5, 5.41) is 50.3. The largest absolute Gasteiger partial charge is 0.362 e. The van der Waals surface area contributed by atoms with E-state index in [0.29, 0.717) is 123 Å². The molecule has 0 spiro atoms. The first kappa shape index (κ1) is 104. The monoisotopic (exact) mass is 1810 g/mol. The molecule has 6 N–H and O–H groups in total. The average Bonchev–Trinajstić information content (AvgIpc) is 0.784. The molecule has 4 aromatic heterocycles. The maximum absolute atomic E-state index is 9.88. The van der Waals surface area contributed by atoms with Crippen LogP contribution in [-0.4, -0.2) is 143 Å². The number of aromatic nitrogens is 12. The zero-order chi connectivity index (χ0) is 94.9. The van der Waals surface area contributed by atoms with Crippen LogP contribution in [-0.2, 0) is 35.7 Å². The number of aryl methyl sites for hydroxylation is 4. The minimum absolute atomic E-state index is 0.0762. The summed E-state index contributed by atoms with van der Waals surface area (Å²) in [6, 6.07) is 30.8. The van der Waals surface area contributed by atoms with E-state index in [4.69, 9.17) is 70.6 Å². The Balaban J connectivity index is 0.000000172. The lowest BCUT2D eigenvalue weighted by molar-refractivity contribution is -0.274. The number of nitrogens with zero attached hydrogens (tertiary/aromatic N) is 12. The van der Waals surface area contributed by atoms with Gasteiger partial charge in [0, 0.05) is 22.3 Å². The maximum Gasteiger partial charge on any atom is 0.283 e. The molecule has 0 radical (unpaired) electrons. The maximum atomic E-state index is 9.88. The van der Waals surface area contributed by atoms with Crippen molar-refractivity contribution in [3.8, 4) is 45.6 Å². The molecule has 0 amide bonds. The molecule has 4 heterocycles. The second-order valence-electron chi connectivity index (χ2n) is 42.1. The van der Waals surface area contributed by atoms with Gasteiger partial charge in [-0.15, -0.1) is 0 Å². The van der Waals surface area contributed by atoms with Crippen LogP contribution in [0.25, 0.3) is 64.9 Å². The Morgan fingerprint density at radius 1 is 0.364 bits per heavy atom. The van der Waals surface area contributed by atoms with E-state index >= 15 is 0 Å². The Morgan fingerprint density at radius 3 is 0.879 bits per heavy atom. The fourth-order valence-electron chi connectivity index (χ4n) is 24.9. The minimum Gasteiger partial charge on any atom is -0.362 e. The van der Waals surface area contributed by atoms with Gasteiger partial charge >= 0.3 is 0 Å². The third-order valence-corrected chi connectivity index (χ3v) is 32.1. The van der Waals surface area contributed by atoms with Crippen molar-refractivity contribution in [1.29, 1.82) is 0 Å². The van der Waals surface area contributed by atoms with E-state index in [1.807, 2.05) is 43.3 Å². The molecule has 6 fully saturated rings. The number of aliphatic hydroxyl groups excluding tert-OH is 1. The van der Waals surface area contributed by atoms with Crippen molar-refractivity contribution < 1.29 is 39.5 Å². The second kappa shape index (κ2) is 49.5. The summed E-state index contributed by atoms with van der Waals surface area (Å²) in [6.07, 6.45) is 26.2. The van der Waals surface area contributed by atoms with Gasteiger partial charge in [-0.25, -0.2) is 75.5 Å². The SMILES string of the molecule is [C-]#[N+]C(C(O)O)C(CC1C(C)CC(C)CC1C)c1nc(-c2ccc(C)cc2)n[nH]1.[C-]#[N+]C(COOC)C(CC1C(C)CC(C)CC1C)c1nc(-c2ccc(C)cc2)n[nH]1.[C-]#[N+]C(COOC)C(CC1C(C)CC(C)CC1C)c1nc(-c2ccc(CC)cc2)n[nH]1.[C-]#[N+]C(COOC)C(CC1C(C2(C)CCCCC2)CC(C)CC1C1(C)CCCCC1)c1nc(-c2ccc(C)cc2)n[nH]1. The van der Waals surface area contributed by atoms with Crippen LogP contribution in [0.4, 0.5) is 0 Å². The van der Waals surface area contributed by atoms with E-state index in [-0.39, 0.29) is 55.7 Å². The molecule has 24 nitrogen and oxygen atoms in total. The van der Waals surface area contributed by atoms with Crippen molar-refractivity contribution in [2.75, 3.05) is 41.2 Å². The number of aromatic amines is 4. The quantitative estimate of drug-likeness (QED) is 0.00965. The van der Waals surface area contributed by atoms with Gasteiger partial charge in [0.2, 0.25) is 6.29 Å². The van der Waals surface area contributed by atoms with Crippen LogP contribution < -0.4 is 0 Å². The smallest absolute Gasteiger partial charge is 0.283 e. The Hall–Kier alpha value is -8.92. The van der Waals surface area contributed by atoms with Crippen LogP contribution in [0, 0.1) is 153 Å². The molecule has 6 saturated carbocycles. The van der Waals surface area contributed by atoms with Crippen molar-refractivity contribution in [3.05, 3.63) is 188 Å². The molecule has 0 aliphatic heterocycles. The predicted octanol–water partition coefficient (Wildman–Crippen LogP) is 24.6. The number of nitrogens with one attached hydrogen (secondary N) is 4. The number of rotatable bonds is 33. The van der Waals surface area contributed by atoms with Gasteiger partial charge in [-0.1, -0.05) is 242 Å². The Kier molecular flexibility index (Phi) is 38.9. The summed E-state index contributed by atoms with van der Waals surface area (Å²) in [5.41, 5.74) is 9.47. The summed E-state index contributed by atoms with van der Waals surface area (Å²) < 4.78 is 0. The average molecular weight is 1810 g/mol. The van der Waals surface area contributed by atoms with Gasteiger partial charge < -0.3 is 29.6 Å². The van der Waals surface area contributed by atoms with E-state index in [9.17, 15) is 10.2 Å². The second-order valence-corrected chi connectivity index (χ2v) is 42.1. The highest BCUT2D eigenvalue weighted by Crippen LogP contribution is 2.61. The lowest BCUT2D eigenvalue weighted by atomic mass is 9.48. The van der Waals surface area contributed by atoms with Gasteiger partial charge in [-0.05, 0) is 241 Å². The van der Waals surface area contributed by atoms with Gasteiger partial charge in [0.05, 0.1) is 45.0 Å². The molecule has 16 atom stereocenters. The molecular formula is C108H156N16O8. The van der Waals surface area contributed by atoms with Crippen molar-refractivity contribution in [2.24, 2.45) is 106 Å². The van der Waals surface area contributed by atoms with Crippen molar-refractivity contribution in [2.45, 2.75) is 313 Å². The number of aliphatic hydroxyl groups is 2. The minimum atomic E-state index is -1.71. The summed E-state index contributed by atoms with van der Waals surface area (Å²) in [7, 11) is 4.49. The number of hydrogen-bond acceptors (Lipinski definition) is 16. The van der Waals surface area contributed by atoms with Crippen LogP contribution >= 0.6 is 0 Å². The summed E-state index contributed by atoms with van der Waals surface area (Å²) in [5.74, 6) is 14.8. The highest BCUT2D eigenvalue weighted by molar-refractivity contribution is 5.58. The normalized spacial score (nSPS) is 27.1. The molecule has 8 aromatic rings. The van der Waals surface area contributed by atoms with Crippen LogP contribution in [0.1, 0.15) is 300 Å². The predicted molar refractivity (Wildman–Crippen MR) is 521 cm³/mol. The molecule has 24 heteroatoms. The van der Waals surface area contributed by atoms with Crippen LogP contribution in [0.2, 0.25) is 0 Å². The third-order valence-electron chi connectivity index (χ3n) is 32.1. The van der Waals surface area contributed by atoms with Crippen molar-refractivity contribution >= 4 is 0 Å². The molecule has 0 saturated heterocycles. The summed E-state index contributed by atoms with van der Waals surface area (Å²) >= 11 is 0. The highest BCUT2D eigenvalue weighted by Gasteiger charge is 2.54. The fraction of sp³-hybridized carbons (Fsp3) is 0.667. The fourth-order valence-corrected chi connectivity index (χ4v) is 24.9. The lowest BCUT2D eigenvalue weighted by Crippen LogP contribution is -2.48. The van der Waals surface area contributed by atoms with Crippen LogP contribution in [0.5, 0.6) is 0 Å². The van der Waals surface area contributed by atoms with E-state index in [0.717, 1.165) is 102 Å². The molecule has 14 rings (SSSR count).